The number of nitrogens with two attached hydrogens (primary N) is 1. The lowest BCUT2D eigenvalue weighted by Crippen LogP contribution is -2.45. The summed E-state index contributed by atoms with van der Waals surface area (Å²) in [4.78, 5) is 15.8. The van der Waals surface area contributed by atoms with Gasteiger partial charge in [0.2, 0.25) is 0 Å². The van der Waals surface area contributed by atoms with Crippen LogP contribution in [0.3, 0.4) is 0 Å². The van der Waals surface area contributed by atoms with Crippen LogP contribution >= 0.6 is 0 Å². The van der Waals surface area contributed by atoms with E-state index >= 15 is 0 Å². The van der Waals surface area contributed by atoms with E-state index in [0.29, 0.717) is 5.69 Å². The summed E-state index contributed by atoms with van der Waals surface area (Å²) in [6, 6.07) is 5.29. The number of hydrogen-bond acceptors (Lipinski definition) is 4. The molecule has 2 rings (SSSR count). The van der Waals surface area contributed by atoms with Crippen molar-refractivity contribution in [2.45, 2.75) is 12.5 Å². The maximum Gasteiger partial charge on any atom is 0.251 e. The molecule has 1 atom stereocenters. The van der Waals surface area contributed by atoms with Gasteiger partial charge in [-0.25, -0.2) is 4.68 Å². The number of amides is 1. The van der Waals surface area contributed by atoms with E-state index in [1.165, 1.54) is 10.9 Å². The van der Waals surface area contributed by atoms with Crippen molar-refractivity contribution in [2.24, 2.45) is 5.73 Å². The smallest absolute Gasteiger partial charge is 0.251 e. The molecule has 6 nitrogen and oxygen atoms in total. The summed E-state index contributed by atoms with van der Waals surface area (Å²) in [5.74, 6) is -0.531. The van der Waals surface area contributed by atoms with Crippen LogP contribution in [0.5, 0.6) is 0 Å². The monoisotopic (exact) mass is 217 g/mol. The number of carbonyl (C=O) groups excluding carboxylic acids is 1. The molecule has 1 amide bonds. The van der Waals surface area contributed by atoms with Crippen LogP contribution in [0.15, 0.2) is 36.8 Å². The van der Waals surface area contributed by atoms with Gasteiger partial charge in [0.05, 0.1) is 11.9 Å². The molecule has 2 heterocycles. The third-order valence-electron chi connectivity index (χ3n) is 2.52. The first-order valence-electron chi connectivity index (χ1n) is 4.74. The standard InChI is InChI=1S/C10H11N5O/c1-10(9(11)16,15-7-6-13-14-15)8-4-2-3-5-12-8/h2-7H,1H3,(H2,11,16). The molecule has 0 aliphatic rings. The quantitative estimate of drug-likeness (QED) is 0.779. The van der Waals surface area contributed by atoms with Crippen molar-refractivity contribution < 1.29 is 4.79 Å². The van der Waals surface area contributed by atoms with Gasteiger partial charge in [-0.3, -0.25) is 9.78 Å². The number of nitrogens with zero attached hydrogens (tertiary/aromatic N) is 4. The number of pyridine rings is 1. The molecule has 2 aromatic rings. The minimum absolute atomic E-state index is 0.531. The fraction of sp³-hybridized carbons (Fsp3) is 0.200. The van der Waals surface area contributed by atoms with Crippen LogP contribution in [0.2, 0.25) is 0 Å². The molecule has 1 unspecified atom stereocenters. The largest absolute Gasteiger partial charge is 0.367 e. The Hall–Kier alpha value is -2.24. The second-order valence-electron chi connectivity index (χ2n) is 3.50. The van der Waals surface area contributed by atoms with E-state index < -0.39 is 11.4 Å². The zero-order chi connectivity index (χ0) is 11.6. The lowest BCUT2D eigenvalue weighted by molar-refractivity contribution is -0.124. The predicted octanol–water partition coefficient (Wildman–Crippen LogP) is -0.0781. The fourth-order valence-electron chi connectivity index (χ4n) is 1.45. The summed E-state index contributed by atoms with van der Waals surface area (Å²) in [6.45, 7) is 1.66. The van der Waals surface area contributed by atoms with Gasteiger partial charge in [0.25, 0.3) is 5.91 Å². The summed E-state index contributed by atoms with van der Waals surface area (Å²) in [6.07, 6.45) is 4.68. The molecule has 82 valence electrons. The summed E-state index contributed by atoms with van der Waals surface area (Å²) in [5, 5.41) is 7.49. The number of primary amides is 1. The number of carbonyl (C=O) groups is 1. The Morgan fingerprint density at radius 3 is 2.75 bits per heavy atom. The molecular formula is C10H11N5O. The molecule has 0 radical (unpaired) electrons. The molecule has 0 fully saturated rings. The van der Waals surface area contributed by atoms with Crippen LogP contribution in [0.1, 0.15) is 12.6 Å². The first-order chi connectivity index (χ1) is 7.65. The minimum atomic E-state index is -1.11. The second-order valence-corrected chi connectivity index (χ2v) is 3.50. The van der Waals surface area contributed by atoms with Crippen molar-refractivity contribution in [3.8, 4) is 0 Å². The molecule has 16 heavy (non-hydrogen) atoms. The Bertz CT molecular complexity index is 481. The summed E-state index contributed by atoms with van der Waals surface area (Å²) < 4.78 is 1.40. The van der Waals surface area contributed by atoms with Crippen LogP contribution in [-0.4, -0.2) is 25.9 Å². The van der Waals surface area contributed by atoms with E-state index in [1.54, 1.807) is 37.5 Å². The highest BCUT2D eigenvalue weighted by molar-refractivity contribution is 5.85. The maximum absolute atomic E-state index is 11.6. The van der Waals surface area contributed by atoms with E-state index in [-0.39, 0.29) is 0 Å². The second kappa shape index (κ2) is 3.73. The SMILES string of the molecule is CC(C(N)=O)(c1ccccn1)n1ccnn1. The molecule has 0 bridgehead atoms. The van der Waals surface area contributed by atoms with Gasteiger partial charge in [-0.15, -0.1) is 5.10 Å². The molecule has 0 spiro atoms. The van der Waals surface area contributed by atoms with E-state index in [9.17, 15) is 4.79 Å². The number of hydrogen-bond donors (Lipinski definition) is 1. The van der Waals surface area contributed by atoms with Crippen LogP contribution in [0.4, 0.5) is 0 Å². The first-order valence-corrected chi connectivity index (χ1v) is 4.74. The van der Waals surface area contributed by atoms with Gasteiger partial charge in [0.1, 0.15) is 0 Å². The number of rotatable bonds is 3. The third-order valence-corrected chi connectivity index (χ3v) is 2.52. The number of aromatic nitrogens is 4. The van der Waals surface area contributed by atoms with Gasteiger partial charge in [-0.05, 0) is 19.1 Å². The zero-order valence-corrected chi connectivity index (χ0v) is 8.74. The van der Waals surface area contributed by atoms with Crippen LogP contribution < -0.4 is 5.73 Å². The van der Waals surface area contributed by atoms with E-state index in [1.807, 2.05) is 0 Å². The normalized spacial score (nSPS) is 14.3. The summed E-state index contributed by atoms with van der Waals surface area (Å²) >= 11 is 0. The average Bonchev–Trinajstić information content (AvgIpc) is 2.82. The minimum Gasteiger partial charge on any atom is -0.367 e. The lowest BCUT2D eigenvalue weighted by Gasteiger charge is -2.24. The summed E-state index contributed by atoms with van der Waals surface area (Å²) in [5.41, 5.74) is 4.85. The van der Waals surface area contributed by atoms with Gasteiger partial charge in [-0.2, -0.15) is 0 Å². The molecular weight excluding hydrogens is 206 g/mol. The lowest BCUT2D eigenvalue weighted by atomic mass is 9.96. The third kappa shape index (κ3) is 1.44. The van der Waals surface area contributed by atoms with Crippen LogP contribution in [0, 0.1) is 0 Å². The van der Waals surface area contributed by atoms with Gasteiger partial charge < -0.3 is 5.73 Å². The van der Waals surface area contributed by atoms with E-state index in [4.69, 9.17) is 5.73 Å². The first kappa shape index (κ1) is 10.3. The molecule has 6 heteroatoms. The Kier molecular flexibility index (Phi) is 2.40. The van der Waals surface area contributed by atoms with Crippen molar-refractivity contribution in [3.63, 3.8) is 0 Å². The Labute approximate surface area is 92.1 Å². The highest BCUT2D eigenvalue weighted by atomic mass is 16.1. The molecule has 0 aromatic carbocycles. The topological polar surface area (TPSA) is 86.7 Å². The fourth-order valence-corrected chi connectivity index (χ4v) is 1.45. The predicted molar refractivity (Wildman–Crippen MR) is 56.2 cm³/mol. The van der Waals surface area contributed by atoms with Crippen molar-refractivity contribution in [1.82, 2.24) is 20.0 Å². The summed E-state index contributed by atoms with van der Waals surface area (Å²) in [7, 11) is 0. The zero-order valence-electron chi connectivity index (χ0n) is 8.74. The molecule has 2 aromatic heterocycles. The van der Waals surface area contributed by atoms with Crippen LogP contribution in [0.25, 0.3) is 0 Å². The molecule has 0 saturated heterocycles. The molecule has 0 saturated carbocycles. The van der Waals surface area contributed by atoms with Crippen molar-refractivity contribution >= 4 is 5.91 Å². The highest BCUT2D eigenvalue weighted by Gasteiger charge is 2.37. The van der Waals surface area contributed by atoms with Gasteiger partial charge in [0.15, 0.2) is 5.54 Å². The average molecular weight is 217 g/mol. The molecule has 2 N–H and O–H groups in total. The Morgan fingerprint density at radius 2 is 2.25 bits per heavy atom. The van der Waals surface area contributed by atoms with Crippen molar-refractivity contribution in [3.05, 3.63) is 42.5 Å². The maximum atomic E-state index is 11.6. The van der Waals surface area contributed by atoms with Gasteiger partial charge in [0, 0.05) is 12.4 Å². The molecule has 0 aliphatic carbocycles. The Balaban J connectivity index is 2.58. The highest BCUT2D eigenvalue weighted by Crippen LogP contribution is 2.22. The van der Waals surface area contributed by atoms with Crippen molar-refractivity contribution in [2.75, 3.05) is 0 Å². The van der Waals surface area contributed by atoms with Gasteiger partial charge >= 0.3 is 0 Å². The van der Waals surface area contributed by atoms with E-state index in [2.05, 4.69) is 15.3 Å². The molecule has 0 aliphatic heterocycles. The van der Waals surface area contributed by atoms with Crippen molar-refractivity contribution in [1.29, 1.82) is 0 Å². The van der Waals surface area contributed by atoms with Crippen LogP contribution in [-0.2, 0) is 10.3 Å². The Morgan fingerprint density at radius 1 is 1.44 bits per heavy atom. The van der Waals surface area contributed by atoms with Gasteiger partial charge in [-0.1, -0.05) is 11.3 Å². The van der Waals surface area contributed by atoms with E-state index in [0.717, 1.165) is 0 Å².